The van der Waals surface area contributed by atoms with Crippen LogP contribution in [0.2, 0.25) is 0 Å². The van der Waals surface area contributed by atoms with Crippen molar-refractivity contribution in [2.24, 2.45) is 0 Å². The molecule has 2 aromatic carbocycles. The number of ether oxygens (including phenoxy) is 3. The van der Waals surface area contributed by atoms with E-state index in [0.29, 0.717) is 41.9 Å². The molecule has 0 radical (unpaired) electrons. The molecule has 0 aromatic heterocycles. The second-order valence-electron chi connectivity index (χ2n) is 6.83. The first kappa shape index (κ1) is 20.0. The number of hydrogen-bond acceptors (Lipinski definition) is 5. The van der Waals surface area contributed by atoms with Crippen molar-refractivity contribution in [2.75, 3.05) is 47.5 Å². The lowest BCUT2D eigenvalue weighted by Gasteiger charge is -2.38. The number of hydrogen-bond donors (Lipinski definition) is 0. The maximum Gasteiger partial charge on any atom is 0.254 e. The van der Waals surface area contributed by atoms with Gasteiger partial charge in [0, 0.05) is 37.8 Å². The monoisotopic (exact) mass is 384 g/mol. The van der Waals surface area contributed by atoms with Crippen molar-refractivity contribution < 1.29 is 19.0 Å². The molecular weight excluding hydrogens is 356 g/mol. The SMILES string of the molecule is COc1cc(C(=O)N2CCN(C(C)c3ccccc3)CC2)cc(OC)c1OC. The molecule has 1 aliphatic rings. The number of nitrogens with zero attached hydrogens (tertiary/aromatic N) is 2. The highest BCUT2D eigenvalue weighted by Crippen LogP contribution is 2.38. The maximum atomic E-state index is 13.0. The first-order valence-electron chi connectivity index (χ1n) is 9.47. The minimum atomic E-state index is -0.0220. The van der Waals surface area contributed by atoms with Gasteiger partial charge in [-0.05, 0) is 24.6 Å². The fourth-order valence-electron chi connectivity index (χ4n) is 3.64. The highest BCUT2D eigenvalue weighted by Gasteiger charge is 2.27. The Morgan fingerprint density at radius 1 is 0.893 bits per heavy atom. The van der Waals surface area contributed by atoms with Crippen LogP contribution in [0.5, 0.6) is 17.2 Å². The summed E-state index contributed by atoms with van der Waals surface area (Å²) in [5, 5.41) is 0. The van der Waals surface area contributed by atoms with Gasteiger partial charge in [-0.1, -0.05) is 30.3 Å². The second kappa shape index (κ2) is 8.97. The predicted molar refractivity (Wildman–Crippen MR) is 108 cm³/mol. The van der Waals surface area contributed by atoms with E-state index in [9.17, 15) is 4.79 Å². The quantitative estimate of drug-likeness (QED) is 0.765. The van der Waals surface area contributed by atoms with E-state index in [1.165, 1.54) is 5.56 Å². The molecule has 28 heavy (non-hydrogen) atoms. The summed E-state index contributed by atoms with van der Waals surface area (Å²) >= 11 is 0. The summed E-state index contributed by atoms with van der Waals surface area (Å²) in [4.78, 5) is 17.3. The third-order valence-corrected chi connectivity index (χ3v) is 5.34. The zero-order chi connectivity index (χ0) is 20.1. The van der Waals surface area contributed by atoms with Crippen LogP contribution < -0.4 is 14.2 Å². The van der Waals surface area contributed by atoms with Gasteiger partial charge in [0.15, 0.2) is 11.5 Å². The van der Waals surface area contributed by atoms with Crippen molar-refractivity contribution in [1.29, 1.82) is 0 Å². The number of benzene rings is 2. The predicted octanol–water partition coefficient (Wildman–Crippen LogP) is 3.23. The Kier molecular flexibility index (Phi) is 6.41. The number of rotatable bonds is 6. The van der Waals surface area contributed by atoms with Crippen molar-refractivity contribution in [3.8, 4) is 17.2 Å². The molecule has 6 nitrogen and oxygen atoms in total. The zero-order valence-corrected chi connectivity index (χ0v) is 17.0. The first-order valence-corrected chi connectivity index (χ1v) is 9.47. The number of carbonyl (C=O) groups is 1. The van der Waals surface area contributed by atoms with Crippen molar-refractivity contribution in [3.63, 3.8) is 0 Å². The lowest BCUT2D eigenvalue weighted by molar-refractivity contribution is 0.0581. The van der Waals surface area contributed by atoms with Gasteiger partial charge in [-0.25, -0.2) is 0 Å². The third kappa shape index (κ3) is 4.07. The van der Waals surface area contributed by atoms with E-state index in [4.69, 9.17) is 14.2 Å². The Morgan fingerprint density at radius 3 is 1.96 bits per heavy atom. The van der Waals surface area contributed by atoms with Gasteiger partial charge in [-0.3, -0.25) is 9.69 Å². The molecule has 1 amide bonds. The van der Waals surface area contributed by atoms with Crippen LogP contribution in [0.15, 0.2) is 42.5 Å². The van der Waals surface area contributed by atoms with E-state index >= 15 is 0 Å². The largest absolute Gasteiger partial charge is 0.493 e. The molecule has 1 saturated heterocycles. The minimum absolute atomic E-state index is 0.0220. The summed E-state index contributed by atoms with van der Waals surface area (Å²) in [6.45, 7) is 5.27. The highest BCUT2D eigenvalue weighted by atomic mass is 16.5. The number of methoxy groups -OCH3 is 3. The summed E-state index contributed by atoms with van der Waals surface area (Å²) in [6.07, 6.45) is 0. The molecule has 6 heteroatoms. The standard InChI is InChI=1S/C22H28N2O4/c1-16(17-8-6-5-7-9-17)23-10-12-24(13-11-23)22(25)18-14-19(26-2)21(28-4)20(15-18)27-3/h5-9,14-16H,10-13H2,1-4H3. The van der Waals surface area contributed by atoms with Gasteiger partial charge in [-0.2, -0.15) is 0 Å². The van der Waals surface area contributed by atoms with Crippen LogP contribution in [-0.4, -0.2) is 63.2 Å². The molecule has 1 unspecified atom stereocenters. The Balaban J connectivity index is 1.70. The normalized spacial score (nSPS) is 15.8. The van der Waals surface area contributed by atoms with Crippen LogP contribution in [0, 0.1) is 0 Å². The molecule has 2 aromatic rings. The summed E-state index contributed by atoms with van der Waals surface area (Å²) in [7, 11) is 4.65. The van der Waals surface area contributed by atoms with Crippen LogP contribution in [0.3, 0.4) is 0 Å². The maximum absolute atomic E-state index is 13.0. The fraction of sp³-hybridized carbons (Fsp3) is 0.409. The van der Waals surface area contributed by atoms with Gasteiger partial charge in [0.25, 0.3) is 5.91 Å². The van der Waals surface area contributed by atoms with Crippen LogP contribution >= 0.6 is 0 Å². The van der Waals surface area contributed by atoms with E-state index in [1.54, 1.807) is 33.5 Å². The summed E-state index contributed by atoms with van der Waals surface area (Å²) in [6, 6.07) is 14.2. The topological polar surface area (TPSA) is 51.2 Å². The molecule has 0 spiro atoms. The summed E-state index contributed by atoms with van der Waals surface area (Å²) in [5.41, 5.74) is 1.84. The molecule has 1 heterocycles. The van der Waals surface area contributed by atoms with Crippen molar-refractivity contribution in [1.82, 2.24) is 9.80 Å². The van der Waals surface area contributed by atoms with Crippen LogP contribution in [0.25, 0.3) is 0 Å². The fourth-order valence-corrected chi connectivity index (χ4v) is 3.64. The van der Waals surface area contributed by atoms with Gasteiger partial charge in [0.1, 0.15) is 0 Å². The molecule has 150 valence electrons. The molecule has 0 N–H and O–H groups in total. The molecule has 3 rings (SSSR count). The van der Waals surface area contributed by atoms with Gasteiger partial charge < -0.3 is 19.1 Å². The van der Waals surface area contributed by atoms with Gasteiger partial charge in [0.05, 0.1) is 21.3 Å². The van der Waals surface area contributed by atoms with Crippen LogP contribution in [0.1, 0.15) is 28.9 Å². The Hall–Kier alpha value is -2.73. The van der Waals surface area contributed by atoms with Crippen LogP contribution in [-0.2, 0) is 0 Å². The van der Waals surface area contributed by atoms with E-state index in [1.807, 2.05) is 11.0 Å². The number of piperazine rings is 1. The Labute approximate surface area is 166 Å². The van der Waals surface area contributed by atoms with Gasteiger partial charge in [0.2, 0.25) is 5.75 Å². The minimum Gasteiger partial charge on any atom is -0.493 e. The average Bonchev–Trinajstić information content (AvgIpc) is 2.77. The number of carbonyl (C=O) groups excluding carboxylic acids is 1. The molecule has 0 aliphatic carbocycles. The number of amides is 1. The second-order valence-corrected chi connectivity index (χ2v) is 6.83. The van der Waals surface area contributed by atoms with Crippen molar-refractivity contribution >= 4 is 5.91 Å². The summed E-state index contributed by atoms with van der Waals surface area (Å²) < 4.78 is 16.1. The average molecular weight is 384 g/mol. The lowest BCUT2D eigenvalue weighted by Crippen LogP contribution is -2.49. The molecule has 1 atom stereocenters. The first-order chi connectivity index (χ1) is 13.6. The Morgan fingerprint density at radius 2 is 1.46 bits per heavy atom. The van der Waals surface area contributed by atoms with Crippen molar-refractivity contribution in [2.45, 2.75) is 13.0 Å². The smallest absolute Gasteiger partial charge is 0.254 e. The van der Waals surface area contributed by atoms with E-state index in [0.717, 1.165) is 13.1 Å². The molecule has 1 aliphatic heterocycles. The van der Waals surface area contributed by atoms with E-state index in [-0.39, 0.29) is 5.91 Å². The van der Waals surface area contributed by atoms with Gasteiger partial charge >= 0.3 is 0 Å². The summed E-state index contributed by atoms with van der Waals surface area (Å²) in [5.74, 6) is 1.44. The van der Waals surface area contributed by atoms with Crippen molar-refractivity contribution in [3.05, 3.63) is 53.6 Å². The zero-order valence-electron chi connectivity index (χ0n) is 17.0. The molecular formula is C22H28N2O4. The lowest BCUT2D eigenvalue weighted by atomic mass is 10.1. The molecule has 0 bridgehead atoms. The van der Waals surface area contributed by atoms with Crippen LogP contribution in [0.4, 0.5) is 0 Å². The Bertz CT molecular complexity index is 776. The highest BCUT2D eigenvalue weighted by molar-refractivity contribution is 5.95. The van der Waals surface area contributed by atoms with E-state index < -0.39 is 0 Å². The van der Waals surface area contributed by atoms with Gasteiger partial charge in [-0.15, -0.1) is 0 Å². The molecule has 0 saturated carbocycles. The van der Waals surface area contributed by atoms with E-state index in [2.05, 4.69) is 36.1 Å². The molecule has 1 fully saturated rings. The third-order valence-electron chi connectivity index (χ3n) is 5.34.